The van der Waals surface area contributed by atoms with Gasteiger partial charge in [0, 0.05) is 37.3 Å². The van der Waals surface area contributed by atoms with E-state index in [1.807, 2.05) is 52.0 Å². The summed E-state index contributed by atoms with van der Waals surface area (Å²) in [5.41, 5.74) is 10.5. The lowest BCUT2D eigenvalue weighted by molar-refractivity contribution is -0.139. The van der Waals surface area contributed by atoms with E-state index in [0.29, 0.717) is 12.2 Å². The molecule has 0 radical (unpaired) electrons. The summed E-state index contributed by atoms with van der Waals surface area (Å²) < 4.78 is 25.1. The van der Waals surface area contributed by atoms with Crippen LogP contribution in [-0.4, -0.2) is 36.5 Å². The van der Waals surface area contributed by atoms with Crippen molar-refractivity contribution in [2.75, 3.05) is 7.05 Å². The molecule has 0 spiro atoms. The molecule has 1 aliphatic heterocycles. The van der Waals surface area contributed by atoms with Gasteiger partial charge in [0.25, 0.3) is 11.8 Å². The van der Waals surface area contributed by atoms with E-state index in [2.05, 4.69) is 22.5 Å². The van der Waals surface area contributed by atoms with E-state index < -0.39 is 11.8 Å². The zero-order chi connectivity index (χ0) is 25.9. The van der Waals surface area contributed by atoms with E-state index in [4.69, 9.17) is 5.73 Å². The Balaban J connectivity index is 0.000000437. The van der Waals surface area contributed by atoms with E-state index in [0.717, 1.165) is 42.5 Å². The number of halogens is 2. The van der Waals surface area contributed by atoms with Gasteiger partial charge in [0.15, 0.2) is 0 Å². The number of hydrogen-bond acceptors (Lipinski definition) is 4. The second-order valence-electron chi connectivity index (χ2n) is 8.92. The highest BCUT2D eigenvalue weighted by atomic mass is 19.3. The molecule has 2 amide bonds. The highest BCUT2D eigenvalue weighted by Gasteiger charge is 2.48. The molecule has 0 aliphatic carbocycles. The second-order valence-corrected chi connectivity index (χ2v) is 8.92. The third-order valence-corrected chi connectivity index (χ3v) is 5.81. The number of rotatable bonds is 9. The van der Waals surface area contributed by atoms with Crippen LogP contribution in [0.15, 0.2) is 40.5 Å². The molecule has 8 heteroatoms. The maximum Gasteiger partial charge on any atom is 0.326 e. The van der Waals surface area contributed by atoms with Crippen molar-refractivity contribution in [3.8, 4) is 0 Å². The summed E-state index contributed by atoms with van der Waals surface area (Å²) in [4.78, 5) is 27.2. The smallest absolute Gasteiger partial charge is 0.326 e. The number of benzene rings is 1. The predicted molar refractivity (Wildman–Crippen MR) is 134 cm³/mol. The molecular formula is C26H40F2N4O2. The van der Waals surface area contributed by atoms with Gasteiger partial charge in [-0.3, -0.25) is 14.6 Å². The van der Waals surface area contributed by atoms with Crippen molar-refractivity contribution in [2.24, 2.45) is 16.6 Å². The zero-order valence-corrected chi connectivity index (χ0v) is 21.3. The molecule has 4 N–H and O–H groups in total. The molecule has 2 rings (SSSR count). The third kappa shape index (κ3) is 8.88. The van der Waals surface area contributed by atoms with Gasteiger partial charge in [-0.25, -0.2) is 0 Å². The van der Waals surface area contributed by atoms with Crippen LogP contribution in [-0.2, 0) is 16.1 Å². The Morgan fingerprint density at radius 1 is 1.26 bits per heavy atom. The van der Waals surface area contributed by atoms with E-state index in [9.17, 15) is 18.4 Å². The molecule has 6 nitrogen and oxygen atoms in total. The summed E-state index contributed by atoms with van der Waals surface area (Å²) in [5, 5.41) is 5.16. The summed E-state index contributed by atoms with van der Waals surface area (Å²) in [6.45, 7) is 10.3. The Labute approximate surface area is 202 Å². The van der Waals surface area contributed by atoms with Gasteiger partial charge in [-0.2, -0.15) is 8.78 Å². The summed E-state index contributed by atoms with van der Waals surface area (Å²) in [6.07, 6.45) is 3.27. The van der Waals surface area contributed by atoms with Gasteiger partial charge in [0.1, 0.15) is 5.70 Å². The molecule has 1 aromatic rings. The number of aliphatic imine (C=N–C) groups is 1. The number of nitrogens with zero attached hydrogens (tertiary/aromatic N) is 1. The third-order valence-electron chi connectivity index (χ3n) is 5.81. The minimum atomic E-state index is -3.14. The number of carbonyl (C=O) groups is 2. The Morgan fingerprint density at radius 2 is 1.88 bits per heavy atom. The highest BCUT2D eigenvalue weighted by molar-refractivity contribution is 6.07. The Morgan fingerprint density at radius 3 is 2.29 bits per heavy atom. The Hall–Kier alpha value is -2.77. The van der Waals surface area contributed by atoms with E-state index in [-0.39, 0.29) is 24.3 Å². The van der Waals surface area contributed by atoms with Crippen molar-refractivity contribution in [1.29, 1.82) is 0 Å². The van der Waals surface area contributed by atoms with Gasteiger partial charge in [-0.15, -0.1) is 0 Å². The van der Waals surface area contributed by atoms with Gasteiger partial charge < -0.3 is 16.4 Å². The maximum absolute atomic E-state index is 12.5. The molecule has 34 heavy (non-hydrogen) atoms. The fourth-order valence-corrected chi connectivity index (χ4v) is 3.51. The van der Waals surface area contributed by atoms with E-state index >= 15 is 0 Å². The van der Waals surface area contributed by atoms with Crippen LogP contribution in [0.4, 0.5) is 8.78 Å². The lowest BCUT2D eigenvalue weighted by atomic mass is 9.99. The normalized spacial score (nSPS) is 18.1. The molecule has 1 saturated heterocycles. The minimum Gasteiger partial charge on any atom is -0.394 e. The van der Waals surface area contributed by atoms with Crippen molar-refractivity contribution in [2.45, 2.75) is 85.2 Å². The minimum absolute atomic E-state index is 0.0762. The molecule has 1 aromatic carbocycles. The molecule has 1 fully saturated rings. The average Bonchev–Trinajstić information content (AvgIpc) is 3.08. The first kappa shape index (κ1) is 29.3. The van der Waals surface area contributed by atoms with Crippen molar-refractivity contribution >= 4 is 17.5 Å². The molecule has 1 aliphatic rings. The zero-order valence-electron chi connectivity index (χ0n) is 21.3. The van der Waals surface area contributed by atoms with Gasteiger partial charge in [0.2, 0.25) is 0 Å². The van der Waals surface area contributed by atoms with Gasteiger partial charge in [-0.1, -0.05) is 63.9 Å². The fraction of sp³-hybridized carbons (Fsp3) is 0.577. The van der Waals surface area contributed by atoms with Gasteiger partial charge in [-0.05, 0) is 37.7 Å². The number of unbranched alkanes of at least 4 members (excludes halogenated alkanes) is 1. The van der Waals surface area contributed by atoms with Crippen molar-refractivity contribution in [3.05, 3.63) is 46.7 Å². The second kappa shape index (κ2) is 13.8. The topological polar surface area (TPSA) is 96.6 Å². The van der Waals surface area contributed by atoms with Crippen LogP contribution >= 0.6 is 0 Å². The van der Waals surface area contributed by atoms with E-state index in [1.165, 1.54) is 5.56 Å². The van der Waals surface area contributed by atoms with Crippen molar-refractivity contribution in [3.63, 3.8) is 0 Å². The van der Waals surface area contributed by atoms with Crippen molar-refractivity contribution in [1.82, 2.24) is 10.6 Å². The molecule has 1 atom stereocenters. The van der Waals surface area contributed by atoms with Crippen molar-refractivity contribution < 1.29 is 18.4 Å². The molecule has 0 saturated carbocycles. The number of allylic oxidation sites excluding steroid dienone is 1. The molecule has 190 valence electrons. The number of hydrogen-bond donors (Lipinski definition) is 3. The first-order chi connectivity index (χ1) is 16.0. The monoisotopic (exact) mass is 478 g/mol. The lowest BCUT2D eigenvalue weighted by Crippen LogP contribution is -2.32. The van der Waals surface area contributed by atoms with Crippen LogP contribution in [0.2, 0.25) is 0 Å². The number of nitrogens with two attached hydrogens (primary N) is 1. The van der Waals surface area contributed by atoms with E-state index in [1.54, 1.807) is 7.05 Å². The average molecular weight is 479 g/mol. The molecule has 0 bridgehead atoms. The summed E-state index contributed by atoms with van der Waals surface area (Å²) >= 11 is 0. The number of carbonyl (C=O) groups excluding carboxylic acids is 2. The lowest BCUT2D eigenvalue weighted by Gasteiger charge is -2.13. The summed E-state index contributed by atoms with van der Waals surface area (Å²) in [5.74, 6) is -4.41. The number of nitrogens with one attached hydrogen (secondary N) is 2. The van der Waals surface area contributed by atoms with Crippen LogP contribution in [0.3, 0.4) is 0 Å². The summed E-state index contributed by atoms with van der Waals surface area (Å²) in [6, 6.07) is 7.73. The van der Waals surface area contributed by atoms with Crippen LogP contribution in [0.5, 0.6) is 0 Å². The van der Waals surface area contributed by atoms with Gasteiger partial charge in [0.05, 0.1) is 0 Å². The largest absolute Gasteiger partial charge is 0.394 e. The van der Waals surface area contributed by atoms with Crippen LogP contribution in [0, 0.1) is 12.8 Å². The first-order valence-electron chi connectivity index (χ1n) is 11.9. The number of alkyl halides is 2. The number of amides is 2. The molecular weight excluding hydrogens is 438 g/mol. The Bertz CT molecular complexity index is 877. The number of aryl methyl sites for hydroxylation is 1. The van der Waals surface area contributed by atoms with Gasteiger partial charge >= 0.3 is 5.92 Å². The van der Waals surface area contributed by atoms with Crippen LogP contribution < -0.4 is 16.4 Å². The first-order valence-corrected chi connectivity index (χ1v) is 11.9. The fourth-order valence-electron chi connectivity index (χ4n) is 3.51. The van der Waals surface area contributed by atoms with Crippen LogP contribution in [0.25, 0.3) is 0 Å². The van der Waals surface area contributed by atoms with Crippen LogP contribution in [0.1, 0.15) is 70.9 Å². The standard InChI is InChI=1S/C19H29N3O.C7H11F2NO/c1-5-7-8-16(17(6-2)21-4)18(20)19(23)22-13-15-11-9-14(3)10-12-15;1-4(2)5-3-7(8,9)6(11)10-5/h9-12H,5-8,13,20H2,1-4H3,(H,22,23);4-5H,3H2,1-2H3,(H,10,11)/b18-16-,21-17?;. The SMILES string of the molecule is CC(C)C1CC(F)(F)C(=O)N1.CCCC/C(C(CC)=NC)=C(/N)C(=O)NCc1ccc(C)cc1. The highest BCUT2D eigenvalue weighted by Crippen LogP contribution is 2.29. The molecule has 1 unspecified atom stereocenters. The Kier molecular flexibility index (Phi) is 11.9. The molecule has 1 heterocycles. The quantitative estimate of drug-likeness (QED) is 0.356. The summed E-state index contributed by atoms with van der Waals surface area (Å²) in [7, 11) is 1.75. The molecule has 0 aromatic heterocycles. The predicted octanol–water partition coefficient (Wildman–Crippen LogP) is 4.66. The maximum atomic E-state index is 12.5.